The third-order valence-corrected chi connectivity index (χ3v) is 4.32. The number of hydrogen-bond donors (Lipinski definition) is 1. The fourth-order valence-corrected chi connectivity index (χ4v) is 2.89. The molecule has 3 atom stereocenters. The summed E-state index contributed by atoms with van der Waals surface area (Å²) >= 11 is 0. The van der Waals surface area contributed by atoms with Crippen molar-refractivity contribution < 1.29 is 18.9 Å². The zero-order chi connectivity index (χ0) is 16.4. The van der Waals surface area contributed by atoms with Crippen LogP contribution in [0.2, 0.25) is 0 Å². The predicted molar refractivity (Wildman–Crippen MR) is 90.2 cm³/mol. The molecule has 0 unspecified atom stereocenters. The lowest BCUT2D eigenvalue weighted by atomic mass is 10.1. The van der Waals surface area contributed by atoms with Crippen LogP contribution in [-0.2, 0) is 0 Å². The minimum atomic E-state index is -0.0308. The molecule has 1 N–H and O–H groups in total. The van der Waals surface area contributed by atoms with Gasteiger partial charge in [0.05, 0.1) is 0 Å². The van der Waals surface area contributed by atoms with Gasteiger partial charge in [0.1, 0.15) is 25.4 Å². The van der Waals surface area contributed by atoms with E-state index < -0.39 is 0 Å². The molecular weight excluding hydrogens is 306 g/mol. The molecule has 5 nitrogen and oxygen atoms in total. The second-order valence-corrected chi connectivity index (χ2v) is 6.11. The lowest BCUT2D eigenvalue weighted by Crippen LogP contribution is -2.50. The Balaban J connectivity index is 1.31. The van der Waals surface area contributed by atoms with Crippen LogP contribution in [0.1, 0.15) is 6.92 Å². The highest BCUT2D eigenvalue weighted by molar-refractivity contribution is 5.41. The molecule has 2 aromatic rings. The van der Waals surface area contributed by atoms with Gasteiger partial charge in [-0.2, -0.15) is 0 Å². The van der Waals surface area contributed by atoms with Gasteiger partial charge in [-0.25, -0.2) is 0 Å². The maximum absolute atomic E-state index is 6.03. The molecule has 2 aromatic carbocycles. The van der Waals surface area contributed by atoms with E-state index in [-0.39, 0.29) is 18.2 Å². The Labute approximate surface area is 141 Å². The Morgan fingerprint density at radius 1 is 0.875 bits per heavy atom. The van der Waals surface area contributed by atoms with Crippen LogP contribution in [0.5, 0.6) is 23.0 Å². The first-order valence-corrected chi connectivity index (χ1v) is 8.30. The second-order valence-electron chi connectivity index (χ2n) is 6.11. The molecule has 0 aliphatic carbocycles. The van der Waals surface area contributed by atoms with E-state index >= 15 is 0 Å². The smallest absolute Gasteiger partial charge is 0.161 e. The van der Waals surface area contributed by atoms with Crippen molar-refractivity contribution in [3.8, 4) is 23.0 Å². The third-order valence-electron chi connectivity index (χ3n) is 4.32. The zero-order valence-corrected chi connectivity index (χ0v) is 13.6. The largest absolute Gasteiger partial charge is 0.486 e. The first kappa shape index (κ1) is 15.1. The minimum absolute atomic E-state index is 0.0147. The van der Waals surface area contributed by atoms with Crippen LogP contribution in [-0.4, -0.2) is 38.0 Å². The van der Waals surface area contributed by atoms with Gasteiger partial charge >= 0.3 is 0 Å². The fourth-order valence-electron chi connectivity index (χ4n) is 2.89. The summed E-state index contributed by atoms with van der Waals surface area (Å²) < 4.78 is 23.5. The SMILES string of the molecule is C[C@H](NC[C@H]1COc2ccccc2O1)[C@H]1COc2ccccc2O1. The van der Waals surface area contributed by atoms with Gasteiger partial charge in [-0.1, -0.05) is 24.3 Å². The van der Waals surface area contributed by atoms with Gasteiger partial charge in [-0.05, 0) is 31.2 Å². The molecule has 2 heterocycles. The van der Waals surface area contributed by atoms with Crippen molar-refractivity contribution in [2.75, 3.05) is 19.8 Å². The van der Waals surface area contributed by atoms with Crippen molar-refractivity contribution in [2.24, 2.45) is 0 Å². The summed E-state index contributed by atoms with van der Waals surface area (Å²) in [4.78, 5) is 0. The molecule has 4 rings (SSSR count). The third kappa shape index (κ3) is 3.12. The lowest BCUT2D eigenvalue weighted by molar-refractivity contribution is 0.0533. The van der Waals surface area contributed by atoms with Crippen LogP contribution in [0.15, 0.2) is 48.5 Å². The minimum Gasteiger partial charge on any atom is -0.486 e. The van der Waals surface area contributed by atoms with Crippen LogP contribution < -0.4 is 24.3 Å². The summed E-state index contributed by atoms with van der Waals surface area (Å²) in [5, 5.41) is 3.47. The number of para-hydroxylation sites is 4. The van der Waals surface area contributed by atoms with E-state index in [9.17, 15) is 0 Å². The van der Waals surface area contributed by atoms with Crippen molar-refractivity contribution >= 4 is 0 Å². The van der Waals surface area contributed by atoms with E-state index in [0.29, 0.717) is 19.8 Å². The van der Waals surface area contributed by atoms with Gasteiger partial charge in [0.15, 0.2) is 23.0 Å². The summed E-state index contributed by atoms with van der Waals surface area (Å²) in [5.41, 5.74) is 0. The van der Waals surface area contributed by atoms with Gasteiger partial charge in [0.2, 0.25) is 0 Å². The molecule has 0 fully saturated rings. The van der Waals surface area contributed by atoms with E-state index in [4.69, 9.17) is 18.9 Å². The summed E-state index contributed by atoms with van der Waals surface area (Å²) in [6, 6.07) is 15.6. The first-order valence-electron chi connectivity index (χ1n) is 8.30. The summed E-state index contributed by atoms with van der Waals surface area (Å²) in [6.45, 7) is 3.87. The van der Waals surface area contributed by atoms with Crippen LogP contribution in [0.25, 0.3) is 0 Å². The lowest BCUT2D eigenvalue weighted by Gasteiger charge is -2.32. The molecule has 0 saturated carbocycles. The van der Waals surface area contributed by atoms with E-state index in [2.05, 4.69) is 12.2 Å². The molecule has 2 aliphatic heterocycles. The molecule has 0 bridgehead atoms. The number of rotatable bonds is 4. The normalized spacial score (nSPS) is 22.7. The highest BCUT2D eigenvalue weighted by atomic mass is 16.6. The van der Waals surface area contributed by atoms with Crippen LogP contribution >= 0.6 is 0 Å². The van der Waals surface area contributed by atoms with Gasteiger partial charge in [0.25, 0.3) is 0 Å². The van der Waals surface area contributed by atoms with Gasteiger partial charge < -0.3 is 24.3 Å². The molecule has 5 heteroatoms. The van der Waals surface area contributed by atoms with Crippen molar-refractivity contribution in [1.82, 2.24) is 5.32 Å². The predicted octanol–water partition coefficient (Wildman–Crippen LogP) is 2.64. The van der Waals surface area contributed by atoms with Gasteiger partial charge in [-0.15, -0.1) is 0 Å². The standard InChI is InChI=1S/C19H21NO4/c1-13(19-12-22-16-7-3-5-9-18(16)24-19)20-10-14-11-21-15-6-2-4-8-17(15)23-14/h2-9,13-14,19-20H,10-12H2,1H3/t13-,14-,19+/m0/s1. The van der Waals surface area contributed by atoms with Crippen LogP contribution in [0, 0.1) is 0 Å². The highest BCUT2D eigenvalue weighted by Crippen LogP contribution is 2.32. The highest BCUT2D eigenvalue weighted by Gasteiger charge is 2.27. The van der Waals surface area contributed by atoms with Crippen molar-refractivity contribution in [2.45, 2.75) is 25.2 Å². The fraction of sp³-hybridized carbons (Fsp3) is 0.368. The summed E-state index contributed by atoms with van der Waals surface area (Å²) in [6.07, 6.45) is -0.0455. The Bertz CT molecular complexity index is 705. The molecule has 126 valence electrons. The molecule has 2 aliphatic rings. The molecule has 0 radical (unpaired) electrons. The Hall–Kier alpha value is -2.40. The van der Waals surface area contributed by atoms with E-state index in [1.807, 2.05) is 48.5 Å². The monoisotopic (exact) mass is 327 g/mol. The van der Waals surface area contributed by atoms with Crippen molar-refractivity contribution in [3.05, 3.63) is 48.5 Å². The number of hydrogen-bond acceptors (Lipinski definition) is 5. The molecule has 24 heavy (non-hydrogen) atoms. The molecular formula is C19H21NO4. The van der Waals surface area contributed by atoms with Crippen molar-refractivity contribution in [3.63, 3.8) is 0 Å². The van der Waals surface area contributed by atoms with E-state index in [1.165, 1.54) is 0 Å². The topological polar surface area (TPSA) is 49.0 Å². The first-order chi connectivity index (χ1) is 11.8. The second kappa shape index (κ2) is 6.61. The summed E-state index contributed by atoms with van der Waals surface area (Å²) in [7, 11) is 0. The Kier molecular flexibility index (Phi) is 4.17. The Morgan fingerprint density at radius 2 is 1.46 bits per heavy atom. The van der Waals surface area contributed by atoms with Crippen LogP contribution in [0.4, 0.5) is 0 Å². The Morgan fingerprint density at radius 3 is 2.17 bits per heavy atom. The van der Waals surface area contributed by atoms with E-state index in [1.54, 1.807) is 0 Å². The molecule has 0 saturated heterocycles. The zero-order valence-electron chi connectivity index (χ0n) is 13.6. The molecule has 0 spiro atoms. The maximum Gasteiger partial charge on any atom is 0.161 e. The number of ether oxygens (including phenoxy) is 4. The average molecular weight is 327 g/mol. The molecule has 0 aromatic heterocycles. The van der Waals surface area contributed by atoms with Gasteiger partial charge in [-0.3, -0.25) is 0 Å². The van der Waals surface area contributed by atoms with E-state index in [0.717, 1.165) is 23.0 Å². The maximum atomic E-state index is 6.03. The molecule has 0 amide bonds. The number of benzene rings is 2. The number of nitrogens with one attached hydrogen (secondary N) is 1. The van der Waals surface area contributed by atoms with Crippen molar-refractivity contribution in [1.29, 1.82) is 0 Å². The number of fused-ring (bicyclic) bond motifs is 2. The van der Waals surface area contributed by atoms with Crippen LogP contribution in [0.3, 0.4) is 0 Å². The van der Waals surface area contributed by atoms with Gasteiger partial charge in [0, 0.05) is 12.6 Å². The average Bonchev–Trinajstić information content (AvgIpc) is 2.65. The quantitative estimate of drug-likeness (QED) is 0.935. The summed E-state index contributed by atoms with van der Waals surface area (Å²) in [5.74, 6) is 3.21.